The molecule has 1 aliphatic rings. The van der Waals surface area contributed by atoms with Crippen molar-refractivity contribution in [2.24, 2.45) is 5.92 Å². The highest BCUT2D eigenvalue weighted by Crippen LogP contribution is 2.18. The van der Waals surface area contributed by atoms with E-state index >= 15 is 0 Å². The van der Waals surface area contributed by atoms with Gasteiger partial charge in [-0.3, -0.25) is 9.69 Å². The van der Waals surface area contributed by atoms with E-state index in [1.165, 1.54) is 6.42 Å². The molecule has 0 spiro atoms. The van der Waals surface area contributed by atoms with Crippen LogP contribution in [0.3, 0.4) is 0 Å². The fourth-order valence-corrected chi connectivity index (χ4v) is 2.22. The summed E-state index contributed by atoms with van der Waals surface area (Å²) in [6.07, 6.45) is 2.31. The lowest BCUT2D eigenvalue weighted by molar-refractivity contribution is -0.143. The van der Waals surface area contributed by atoms with Gasteiger partial charge in [0, 0.05) is 12.1 Å². The SMILES string of the molecule is CC(C(=O)O)N1CCCC(CNC(C)(C)C)C1. The van der Waals surface area contributed by atoms with Gasteiger partial charge in [-0.15, -0.1) is 0 Å². The minimum absolute atomic E-state index is 0.140. The van der Waals surface area contributed by atoms with Crippen LogP contribution in [-0.2, 0) is 4.79 Å². The molecule has 0 saturated carbocycles. The Hall–Kier alpha value is -0.610. The Morgan fingerprint density at radius 3 is 2.71 bits per heavy atom. The van der Waals surface area contributed by atoms with E-state index in [0.29, 0.717) is 5.92 Å². The first-order valence-electron chi connectivity index (χ1n) is 6.51. The fraction of sp³-hybridized carbons (Fsp3) is 0.923. The topological polar surface area (TPSA) is 52.6 Å². The molecule has 0 aliphatic carbocycles. The number of hydrogen-bond acceptors (Lipinski definition) is 3. The normalized spacial score (nSPS) is 24.6. The van der Waals surface area contributed by atoms with E-state index in [-0.39, 0.29) is 11.6 Å². The molecule has 1 fully saturated rings. The van der Waals surface area contributed by atoms with Crippen LogP contribution in [0.15, 0.2) is 0 Å². The molecule has 0 amide bonds. The summed E-state index contributed by atoms with van der Waals surface area (Å²) in [6, 6.07) is -0.354. The van der Waals surface area contributed by atoms with Crippen LogP contribution in [0.1, 0.15) is 40.5 Å². The lowest BCUT2D eigenvalue weighted by Gasteiger charge is -2.36. The van der Waals surface area contributed by atoms with E-state index in [9.17, 15) is 4.79 Å². The molecule has 1 rings (SSSR count). The molecule has 0 aromatic heterocycles. The standard InChI is InChI=1S/C13H26N2O2/c1-10(12(16)17)15-7-5-6-11(9-15)8-14-13(2,3)4/h10-11,14H,5-9H2,1-4H3,(H,16,17). The number of nitrogens with zero attached hydrogens (tertiary/aromatic N) is 1. The van der Waals surface area contributed by atoms with E-state index in [1.807, 2.05) is 0 Å². The van der Waals surface area contributed by atoms with Gasteiger partial charge in [0.25, 0.3) is 0 Å². The van der Waals surface area contributed by atoms with Gasteiger partial charge in [0.2, 0.25) is 0 Å². The minimum Gasteiger partial charge on any atom is -0.480 e. The maximum Gasteiger partial charge on any atom is 0.320 e. The smallest absolute Gasteiger partial charge is 0.320 e. The van der Waals surface area contributed by atoms with E-state index < -0.39 is 5.97 Å². The van der Waals surface area contributed by atoms with E-state index in [0.717, 1.165) is 26.1 Å². The minimum atomic E-state index is -0.713. The Balaban J connectivity index is 2.41. The number of carbonyl (C=O) groups is 1. The number of rotatable bonds is 4. The molecular weight excluding hydrogens is 216 g/mol. The Labute approximate surface area is 104 Å². The maximum atomic E-state index is 11.0. The molecule has 0 aromatic rings. The van der Waals surface area contributed by atoms with Crippen molar-refractivity contribution in [3.63, 3.8) is 0 Å². The highest BCUT2D eigenvalue weighted by Gasteiger charge is 2.27. The second-order valence-electron chi connectivity index (χ2n) is 6.15. The molecule has 1 saturated heterocycles. The van der Waals surface area contributed by atoms with Crippen molar-refractivity contribution in [2.45, 2.75) is 52.1 Å². The first-order chi connectivity index (χ1) is 7.79. The average molecular weight is 242 g/mol. The van der Waals surface area contributed by atoms with Gasteiger partial charge in [0.15, 0.2) is 0 Å². The molecule has 0 bridgehead atoms. The van der Waals surface area contributed by atoms with Crippen molar-refractivity contribution in [1.82, 2.24) is 10.2 Å². The predicted molar refractivity (Wildman–Crippen MR) is 69.2 cm³/mol. The summed E-state index contributed by atoms with van der Waals surface area (Å²) in [5, 5.41) is 12.5. The summed E-state index contributed by atoms with van der Waals surface area (Å²) in [5.41, 5.74) is 0.140. The third-order valence-corrected chi connectivity index (χ3v) is 3.38. The number of carboxylic acids is 1. The number of likely N-dealkylation sites (tertiary alicyclic amines) is 1. The molecule has 1 heterocycles. The lowest BCUT2D eigenvalue weighted by Crippen LogP contribution is -2.48. The quantitative estimate of drug-likeness (QED) is 0.785. The van der Waals surface area contributed by atoms with Crippen LogP contribution < -0.4 is 5.32 Å². The number of aliphatic carboxylic acids is 1. The third kappa shape index (κ3) is 5.04. The van der Waals surface area contributed by atoms with Crippen LogP contribution in [0.5, 0.6) is 0 Å². The lowest BCUT2D eigenvalue weighted by atomic mass is 9.95. The summed E-state index contributed by atoms with van der Waals surface area (Å²) in [4.78, 5) is 13.0. The summed E-state index contributed by atoms with van der Waals surface area (Å²) in [6.45, 7) is 11.1. The monoisotopic (exact) mass is 242 g/mol. The zero-order valence-electron chi connectivity index (χ0n) is 11.5. The largest absolute Gasteiger partial charge is 0.480 e. The third-order valence-electron chi connectivity index (χ3n) is 3.38. The molecule has 2 atom stereocenters. The molecule has 4 nitrogen and oxygen atoms in total. The van der Waals surface area contributed by atoms with Gasteiger partial charge in [-0.2, -0.15) is 0 Å². The molecule has 17 heavy (non-hydrogen) atoms. The van der Waals surface area contributed by atoms with Gasteiger partial charge in [-0.1, -0.05) is 0 Å². The zero-order chi connectivity index (χ0) is 13.1. The summed E-state index contributed by atoms with van der Waals surface area (Å²) < 4.78 is 0. The highest BCUT2D eigenvalue weighted by atomic mass is 16.4. The van der Waals surface area contributed by atoms with Gasteiger partial charge in [-0.05, 0) is 59.5 Å². The van der Waals surface area contributed by atoms with Crippen LogP contribution in [-0.4, -0.2) is 47.2 Å². The van der Waals surface area contributed by atoms with Gasteiger partial charge >= 0.3 is 5.97 Å². The predicted octanol–water partition coefficient (Wildman–Crippen LogP) is 1.56. The number of hydrogen-bond donors (Lipinski definition) is 2. The Kier molecular flexibility index (Phi) is 4.95. The number of piperidine rings is 1. The molecule has 2 unspecified atom stereocenters. The van der Waals surface area contributed by atoms with Crippen LogP contribution >= 0.6 is 0 Å². The average Bonchev–Trinajstić information content (AvgIpc) is 2.24. The van der Waals surface area contributed by atoms with E-state index in [4.69, 9.17) is 5.11 Å². The summed E-state index contributed by atoms with van der Waals surface area (Å²) in [5.74, 6) is -0.140. The van der Waals surface area contributed by atoms with Crippen molar-refractivity contribution in [3.8, 4) is 0 Å². The van der Waals surface area contributed by atoms with Crippen molar-refractivity contribution < 1.29 is 9.90 Å². The van der Waals surface area contributed by atoms with Crippen molar-refractivity contribution in [1.29, 1.82) is 0 Å². The van der Waals surface area contributed by atoms with Crippen LogP contribution in [0, 0.1) is 5.92 Å². The van der Waals surface area contributed by atoms with Crippen LogP contribution in [0.4, 0.5) is 0 Å². The molecule has 1 aliphatic heterocycles. The summed E-state index contributed by atoms with van der Waals surface area (Å²) >= 11 is 0. The second-order valence-corrected chi connectivity index (χ2v) is 6.15. The van der Waals surface area contributed by atoms with Crippen molar-refractivity contribution >= 4 is 5.97 Å². The van der Waals surface area contributed by atoms with Crippen LogP contribution in [0.2, 0.25) is 0 Å². The van der Waals surface area contributed by atoms with Gasteiger partial charge in [0.1, 0.15) is 6.04 Å². The molecular formula is C13H26N2O2. The Morgan fingerprint density at radius 1 is 1.53 bits per heavy atom. The Morgan fingerprint density at radius 2 is 2.18 bits per heavy atom. The van der Waals surface area contributed by atoms with Crippen molar-refractivity contribution in [3.05, 3.63) is 0 Å². The van der Waals surface area contributed by atoms with E-state index in [2.05, 4.69) is 31.0 Å². The first kappa shape index (κ1) is 14.5. The van der Waals surface area contributed by atoms with E-state index in [1.54, 1.807) is 6.92 Å². The zero-order valence-corrected chi connectivity index (χ0v) is 11.5. The Bertz CT molecular complexity index is 261. The maximum absolute atomic E-state index is 11.0. The van der Waals surface area contributed by atoms with Gasteiger partial charge in [-0.25, -0.2) is 0 Å². The molecule has 0 aromatic carbocycles. The number of carboxylic acid groups (broad SMARTS) is 1. The summed E-state index contributed by atoms with van der Waals surface area (Å²) in [7, 11) is 0. The molecule has 2 N–H and O–H groups in total. The van der Waals surface area contributed by atoms with Crippen LogP contribution in [0.25, 0.3) is 0 Å². The second kappa shape index (κ2) is 5.83. The first-order valence-corrected chi connectivity index (χ1v) is 6.51. The molecule has 0 radical (unpaired) electrons. The highest BCUT2D eigenvalue weighted by molar-refractivity contribution is 5.72. The molecule has 100 valence electrons. The molecule has 4 heteroatoms. The van der Waals surface area contributed by atoms with Crippen molar-refractivity contribution in [2.75, 3.05) is 19.6 Å². The van der Waals surface area contributed by atoms with Gasteiger partial charge < -0.3 is 10.4 Å². The van der Waals surface area contributed by atoms with Gasteiger partial charge in [0.05, 0.1) is 0 Å². The number of nitrogens with one attached hydrogen (secondary N) is 1. The fourth-order valence-electron chi connectivity index (χ4n) is 2.22.